The molecule has 2 aromatic carbocycles. The summed E-state index contributed by atoms with van der Waals surface area (Å²) >= 11 is 6.23. The van der Waals surface area contributed by atoms with Gasteiger partial charge in [0.15, 0.2) is 0 Å². The number of anilines is 1. The molecule has 3 aromatic rings. The standard InChI is InChI=1S/C20H20ClFN4O2.ClH/c21-16-9-8-13(11-17(16)24-18(27)7-3-4-10-23-12-22)19-14-5-1-2-6-15(14)20(28)26-25-19;/h1-2,5-6,8-9,11,23H,3-4,7,10,12H2,(H,24,27)(H,26,28);1H. The average Bonchev–Trinajstić information content (AvgIpc) is 2.70. The maximum absolute atomic E-state index is 12.2. The summed E-state index contributed by atoms with van der Waals surface area (Å²) in [5, 5.41) is 13.7. The van der Waals surface area contributed by atoms with Crippen LogP contribution in [0.1, 0.15) is 19.3 Å². The molecule has 154 valence electrons. The van der Waals surface area contributed by atoms with E-state index in [0.29, 0.717) is 53.0 Å². The third-order valence-electron chi connectivity index (χ3n) is 4.31. The Bertz CT molecular complexity index is 1040. The van der Waals surface area contributed by atoms with Crippen molar-refractivity contribution in [1.29, 1.82) is 0 Å². The topological polar surface area (TPSA) is 86.9 Å². The lowest BCUT2D eigenvalue weighted by molar-refractivity contribution is -0.116. The van der Waals surface area contributed by atoms with Gasteiger partial charge in [-0.2, -0.15) is 5.10 Å². The van der Waals surface area contributed by atoms with Gasteiger partial charge in [0.05, 0.1) is 21.8 Å². The van der Waals surface area contributed by atoms with Crippen LogP contribution in [0, 0.1) is 0 Å². The zero-order valence-corrected chi connectivity index (χ0v) is 17.1. The highest BCUT2D eigenvalue weighted by Crippen LogP contribution is 2.30. The van der Waals surface area contributed by atoms with Crippen molar-refractivity contribution in [2.24, 2.45) is 0 Å². The number of nitrogens with one attached hydrogen (secondary N) is 3. The van der Waals surface area contributed by atoms with Gasteiger partial charge in [-0.05, 0) is 37.6 Å². The Labute approximate surface area is 178 Å². The first-order valence-electron chi connectivity index (χ1n) is 8.94. The van der Waals surface area contributed by atoms with Crippen molar-refractivity contribution in [3.63, 3.8) is 0 Å². The summed E-state index contributed by atoms with van der Waals surface area (Å²) in [6.45, 7) is -0.0347. The molecule has 6 nitrogen and oxygen atoms in total. The van der Waals surface area contributed by atoms with E-state index in [1.54, 1.807) is 30.3 Å². The second kappa shape index (κ2) is 10.9. The van der Waals surface area contributed by atoms with Crippen molar-refractivity contribution in [3.05, 3.63) is 57.8 Å². The zero-order valence-electron chi connectivity index (χ0n) is 15.5. The first-order chi connectivity index (χ1) is 13.6. The lowest BCUT2D eigenvalue weighted by Gasteiger charge is -2.11. The van der Waals surface area contributed by atoms with Crippen LogP contribution in [0.25, 0.3) is 22.0 Å². The van der Waals surface area contributed by atoms with Crippen LogP contribution in [0.2, 0.25) is 5.02 Å². The molecule has 1 aromatic heterocycles. The van der Waals surface area contributed by atoms with E-state index in [1.807, 2.05) is 12.1 Å². The monoisotopic (exact) mass is 438 g/mol. The fraction of sp³-hybridized carbons (Fsp3) is 0.250. The molecule has 0 saturated carbocycles. The van der Waals surface area contributed by atoms with Gasteiger partial charge in [0, 0.05) is 17.4 Å². The zero-order chi connectivity index (χ0) is 19.9. The summed E-state index contributed by atoms with van der Waals surface area (Å²) in [5.41, 5.74) is 1.53. The molecule has 0 unspecified atom stereocenters. The fourth-order valence-electron chi connectivity index (χ4n) is 2.92. The number of fused-ring (bicyclic) bond motifs is 1. The Kier molecular flexibility index (Phi) is 8.57. The van der Waals surface area contributed by atoms with E-state index in [2.05, 4.69) is 20.8 Å². The summed E-state index contributed by atoms with van der Waals surface area (Å²) in [7, 11) is 0. The minimum absolute atomic E-state index is 0. The number of carbonyl (C=O) groups excluding carboxylic acids is 1. The van der Waals surface area contributed by atoms with E-state index >= 15 is 0 Å². The molecule has 3 N–H and O–H groups in total. The maximum Gasteiger partial charge on any atom is 0.272 e. The van der Waals surface area contributed by atoms with Crippen molar-refractivity contribution in [3.8, 4) is 11.3 Å². The number of halogens is 3. The van der Waals surface area contributed by atoms with Crippen LogP contribution in [-0.4, -0.2) is 29.4 Å². The van der Waals surface area contributed by atoms with Crippen LogP contribution in [0.15, 0.2) is 47.3 Å². The highest BCUT2D eigenvalue weighted by molar-refractivity contribution is 6.33. The molecule has 0 aliphatic rings. The van der Waals surface area contributed by atoms with Crippen molar-refractivity contribution in [2.75, 3.05) is 18.7 Å². The van der Waals surface area contributed by atoms with Gasteiger partial charge >= 0.3 is 0 Å². The molecular weight excluding hydrogens is 418 g/mol. The summed E-state index contributed by atoms with van der Waals surface area (Å²) in [6.07, 6.45) is 1.66. The van der Waals surface area contributed by atoms with Gasteiger partial charge in [-0.1, -0.05) is 35.9 Å². The second-order valence-corrected chi connectivity index (χ2v) is 6.69. The number of rotatable bonds is 8. The summed E-state index contributed by atoms with van der Waals surface area (Å²) in [5.74, 6) is -0.168. The van der Waals surface area contributed by atoms with Crippen LogP contribution in [0.4, 0.5) is 10.1 Å². The number of nitrogens with zero attached hydrogens (tertiary/aromatic N) is 1. The van der Waals surface area contributed by atoms with Gasteiger partial charge in [-0.25, -0.2) is 9.49 Å². The summed E-state index contributed by atoms with van der Waals surface area (Å²) in [6, 6.07) is 12.4. The van der Waals surface area contributed by atoms with Crippen LogP contribution < -0.4 is 16.2 Å². The smallest absolute Gasteiger partial charge is 0.272 e. The number of aromatic nitrogens is 2. The van der Waals surface area contributed by atoms with Crippen LogP contribution in [-0.2, 0) is 4.79 Å². The van der Waals surface area contributed by atoms with Gasteiger partial charge in [0.1, 0.15) is 6.80 Å². The number of alkyl halides is 1. The highest BCUT2D eigenvalue weighted by atomic mass is 35.5. The summed E-state index contributed by atoms with van der Waals surface area (Å²) in [4.78, 5) is 24.1. The predicted octanol–water partition coefficient (Wildman–Crippen LogP) is 4.29. The normalized spacial score (nSPS) is 10.6. The van der Waals surface area contributed by atoms with Crippen molar-refractivity contribution in [2.45, 2.75) is 19.3 Å². The molecule has 0 fully saturated rings. The Balaban J connectivity index is 0.00000300. The van der Waals surface area contributed by atoms with Gasteiger partial charge in [-0.3, -0.25) is 14.9 Å². The van der Waals surface area contributed by atoms with Gasteiger partial charge in [-0.15, -0.1) is 12.4 Å². The molecule has 0 saturated heterocycles. The maximum atomic E-state index is 12.2. The van der Waals surface area contributed by atoms with Crippen LogP contribution in [0.5, 0.6) is 0 Å². The second-order valence-electron chi connectivity index (χ2n) is 6.28. The number of amides is 1. The molecule has 0 spiro atoms. The fourth-order valence-corrected chi connectivity index (χ4v) is 3.08. The number of hydrogen-bond acceptors (Lipinski definition) is 4. The van der Waals surface area contributed by atoms with Gasteiger partial charge < -0.3 is 5.32 Å². The molecule has 0 bridgehead atoms. The molecular formula is C20H21Cl2FN4O2. The van der Waals surface area contributed by atoms with E-state index in [9.17, 15) is 14.0 Å². The Morgan fingerprint density at radius 3 is 2.66 bits per heavy atom. The molecule has 0 aliphatic carbocycles. The Hall–Kier alpha value is -2.48. The lowest BCUT2D eigenvalue weighted by atomic mass is 10.0. The molecule has 29 heavy (non-hydrogen) atoms. The average molecular weight is 439 g/mol. The highest BCUT2D eigenvalue weighted by Gasteiger charge is 2.12. The number of H-pyrrole nitrogens is 1. The predicted molar refractivity (Wildman–Crippen MR) is 117 cm³/mol. The van der Waals surface area contributed by atoms with Crippen molar-refractivity contribution >= 4 is 46.4 Å². The van der Waals surface area contributed by atoms with Gasteiger partial charge in [0.25, 0.3) is 5.56 Å². The minimum atomic E-state index is -0.567. The third-order valence-corrected chi connectivity index (χ3v) is 4.64. The molecule has 0 radical (unpaired) electrons. The molecule has 9 heteroatoms. The van der Waals surface area contributed by atoms with Crippen molar-refractivity contribution < 1.29 is 9.18 Å². The number of unbranched alkanes of at least 4 members (excludes halogenated alkanes) is 1. The minimum Gasteiger partial charge on any atom is -0.325 e. The quantitative estimate of drug-likeness (QED) is 0.361. The molecule has 3 rings (SSSR count). The number of hydrogen-bond donors (Lipinski definition) is 3. The van der Waals surface area contributed by atoms with Gasteiger partial charge in [0.2, 0.25) is 5.91 Å². The molecule has 1 heterocycles. The van der Waals surface area contributed by atoms with E-state index in [4.69, 9.17) is 11.6 Å². The van der Waals surface area contributed by atoms with Crippen LogP contribution >= 0.6 is 24.0 Å². The number of aromatic amines is 1. The largest absolute Gasteiger partial charge is 0.325 e. The van der Waals surface area contributed by atoms with E-state index in [0.717, 1.165) is 5.56 Å². The molecule has 0 atom stereocenters. The lowest BCUT2D eigenvalue weighted by Crippen LogP contribution is -2.15. The first-order valence-corrected chi connectivity index (χ1v) is 9.32. The van der Waals surface area contributed by atoms with E-state index in [-0.39, 0.29) is 23.9 Å². The number of benzene rings is 2. The molecule has 1 amide bonds. The van der Waals surface area contributed by atoms with Crippen LogP contribution in [0.3, 0.4) is 0 Å². The third kappa shape index (κ3) is 5.76. The Morgan fingerprint density at radius 2 is 1.90 bits per heavy atom. The first kappa shape index (κ1) is 22.8. The van der Waals surface area contributed by atoms with E-state index in [1.165, 1.54) is 0 Å². The number of carbonyl (C=O) groups is 1. The van der Waals surface area contributed by atoms with E-state index < -0.39 is 6.80 Å². The molecule has 0 aliphatic heterocycles. The Morgan fingerprint density at radius 1 is 1.14 bits per heavy atom. The SMILES string of the molecule is Cl.O=C(CCCCNCF)Nc1cc(-c2n[nH]c(=O)c3ccccc23)ccc1Cl. The summed E-state index contributed by atoms with van der Waals surface area (Å²) < 4.78 is 12.0. The van der Waals surface area contributed by atoms with Crippen molar-refractivity contribution in [1.82, 2.24) is 15.5 Å².